The maximum absolute atomic E-state index is 8.85. The van der Waals surface area contributed by atoms with E-state index in [9.17, 15) is 0 Å². The Balaban J connectivity index is 2.28. The van der Waals surface area contributed by atoms with Crippen molar-refractivity contribution in [2.45, 2.75) is 0 Å². The summed E-state index contributed by atoms with van der Waals surface area (Å²) in [4.78, 5) is 0. The molecule has 0 aromatic rings. The van der Waals surface area contributed by atoms with Crippen molar-refractivity contribution >= 4 is 19.0 Å². The summed E-state index contributed by atoms with van der Waals surface area (Å²) in [6.07, 6.45) is 6.78. The second-order valence-electron chi connectivity index (χ2n) is 2.69. The molecule has 2 rings (SSSR count). The largest absolute Gasteiger partial charge is 0.488 e. The van der Waals surface area contributed by atoms with Gasteiger partial charge in [0.2, 0.25) is 0 Å². The highest BCUT2D eigenvalue weighted by atomic mass is 16.4. The van der Waals surface area contributed by atoms with E-state index >= 15 is 0 Å². The third-order valence-corrected chi connectivity index (χ3v) is 1.86. The minimum absolute atomic E-state index is 0.0202. The van der Waals surface area contributed by atoms with Crippen molar-refractivity contribution in [1.82, 2.24) is 0 Å². The summed E-state index contributed by atoms with van der Waals surface area (Å²) in [5, 5.41) is 25.3. The third-order valence-electron chi connectivity index (χ3n) is 1.86. The lowest BCUT2D eigenvalue weighted by molar-refractivity contribution is 0.420. The summed E-state index contributed by atoms with van der Waals surface area (Å²) >= 11 is 0. The van der Waals surface area contributed by atoms with Gasteiger partial charge >= 0.3 is 7.12 Å². The van der Waals surface area contributed by atoms with Crippen molar-refractivity contribution in [3.8, 4) is 0 Å². The summed E-state index contributed by atoms with van der Waals surface area (Å²) in [6, 6.07) is 0. The van der Waals surface area contributed by atoms with E-state index in [0.717, 1.165) is 5.71 Å². The topological polar surface area (TPSA) is 65.2 Å². The fourth-order valence-electron chi connectivity index (χ4n) is 1.20. The molecular formula is C7H7BN2O2. The van der Waals surface area contributed by atoms with Gasteiger partial charge in [0.15, 0.2) is 0 Å². The molecule has 1 atom stereocenters. The molecule has 2 N–H and O–H groups in total. The molecule has 4 nitrogen and oxygen atoms in total. The lowest BCUT2D eigenvalue weighted by Gasteiger charge is -2.09. The standard InChI is InChI=1S/C7H7BN2O2/c11-8(12)6-1-2-7-5(3-6)4-9-10-7/h1-5,11-12H/t5-/m1/s1. The van der Waals surface area contributed by atoms with Gasteiger partial charge in [0.25, 0.3) is 0 Å². The Morgan fingerprint density at radius 1 is 1.33 bits per heavy atom. The van der Waals surface area contributed by atoms with E-state index in [2.05, 4.69) is 10.2 Å². The molecule has 0 aromatic heterocycles. The van der Waals surface area contributed by atoms with E-state index in [1.807, 2.05) is 0 Å². The molecule has 2 aliphatic rings. The van der Waals surface area contributed by atoms with Crippen LogP contribution in [0.5, 0.6) is 0 Å². The van der Waals surface area contributed by atoms with Crippen molar-refractivity contribution < 1.29 is 10.0 Å². The second kappa shape index (κ2) is 2.69. The Labute approximate surface area is 69.8 Å². The first-order valence-corrected chi connectivity index (χ1v) is 3.64. The van der Waals surface area contributed by atoms with E-state index < -0.39 is 7.12 Å². The fraction of sp³-hybridized carbons (Fsp3) is 0.143. The molecule has 0 radical (unpaired) electrons. The van der Waals surface area contributed by atoms with E-state index in [4.69, 9.17) is 10.0 Å². The van der Waals surface area contributed by atoms with E-state index in [1.54, 1.807) is 24.4 Å². The highest BCUT2D eigenvalue weighted by Crippen LogP contribution is 2.17. The van der Waals surface area contributed by atoms with Gasteiger partial charge in [-0.25, -0.2) is 0 Å². The van der Waals surface area contributed by atoms with Gasteiger partial charge in [-0.3, -0.25) is 0 Å². The Bertz CT molecular complexity index is 317. The van der Waals surface area contributed by atoms with Gasteiger partial charge in [-0.2, -0.15) is 10.2 Å². The maximum atomic E-state index is 8.85. The van der Waals surface area contributed by atoms with Gasteiger partial charge in [-0.1, -0.05) is 12.2 Å². The van der Waals surface area contributed by atoms with E-state index in [-0.39, 0.29) is 5.92 Å². The predicted octanol–water partition coefficient (Wildman–Crippen LogP) is -0.449. The molecule has 5 heteroatoms. The van der Waals surface area contributed by atoms with Crippen molar-refractivity contribution in [2.75, 3.05) is 0 Å². The number of fused-ring (bicyclic) bond motifs is 1. The van der Waals surface area contributed by atoms with Crippen LogP contribution in [-0.2, 0) is 0 Å². The lowest BCUT2D eigenvalue weighted by atomic mass is 9.74. The van der Waals surface area contributed by atoms with E-state index in [0.29, 0.717) is 5.47 Å². The molecule has 0 saturated carbocycles. The Kier molecular flexibility index (Phi) is 1.67. The smallest absolute Gasteiger partial charge is 0.423 e. The molecule has 0 amide bonds. The average Bonchev–Trinajstić information content (AvgIpc) is 2.49. The highest BCUT2D eigenvalue weighted by Gasteiger charge is 2.22. The first-order chi connectivity index (χ1) is 5.77. The first-order valence-electron chi connectivity index (χ1n) is 3.64. The minimum atomic E-state index is -1.41. The van der Waals surface area contributed by atoms with Gasteiger partial charge < -0.3 is 10.0 Å². The zero-order chi connectivity index (χ0) is 8.55. The van der Waals surface area contributed by atoms with Gasteiger partial charge in [-0.15, -0.1) is 0 Å². The average molecular weight is 162 g/mol. The molecule has 0 spiro atoms. The zero-order valence-electron chi connectivity index (χ0n) is 6.25. The SMILES string of the molecule is OB(O)C1=C[C@@H]2C=NN=C2C=C1. The van der Waals surface area contributed by atoms with Crippen LogP contribution in [0.4, 0.5) is 0 Å². The number of rotatable bonds is 1. The van der Waals surface area contributed by atoms with Crippen LogP contribution in [0.15, 0.2) is 33.9 Å². The highest BCUT2D eigenvalue weighted by molar-refractivity contribution is 6.52. The number of hydrogen-bond acceptors (Lipinski definition) is 4. The molecule has 60 valence electrons. The van der Waals surface area contributed by atoms with Crippen LogP contribution in [0.25, 0.3) is 0 Å². The summed E-state index contributed by atoms with van der Waals surface area (Å²) in [5.41, 5.74) is 1.34. The van der Waals surface area contributed by atoms with E-state index in [1.165, 1.54) is 0 Å². The van der Waals surface area contributed by atoms with Gasteiger partial charge in [0.05, 0.1) is 11.6 Å². The molecule has 0 saturated heterocycles. The molecule has 1 heterocycles. The molecule has 0 unspecified atom stereocenters. The van der Waals surface area contributed by atoms with Crippen LogP contribution < -0.4 is 0 Å². The molecular weight excluding hydrogens is 155 g/mol. The predicted molar refractivity (Wildman–Crippen MR) is 46.8 cm³/mol. The fourth-order valence-corrected chi connectivity index (χ4v) is 1.20. The van der Waals surface area contributed by atoms with Gasteiger partial charge in [-0.05, 0) is 11.5 Å². The normalized spacial score (nSPS) is 25.0. The lowest BCUT2D eigenvalue weighted by Crippen LogP contribution is -2.20. The summed E-state index contributed by atoms with van der Waals surface area (Å²) in [6.45, 7) is 0. The van der Waals surface area contributed by atoms with Gasteiger partial charge in [0, 0.05) is 6.21 Å². The van der Waals surface area contributed by atoms with Crippen LogP contribution in [0.2, 0.25) is 0 Å². The number of hydrogen-bond donors (Lipinski definition) is 2. The Morgan fingerprint density at radius 3 is 2.92 bits per heavy atom. The quantitative estimate of drug-likeness (QED) is 0.513. The molecule has 12 heavy (non-hydrogen) atoms. The molecule has 0 fully saturated rings. The summed E-state index contributed by atoms with van der Waals surface area (Å²) in [7, 11) is -1.41. The van der Waals surface area contributed by atoms with Crippen molar-refractivity contribution in [1.29, 1.82) is 0 Å². The second-order valence-corrected chi connectivity index (χ2v) is 2.69. The van der Waals surface area contributed by atoms with Gasteiger partial charge in [0.1, 0.15) is 0 Å². The van der Waals surface area contributed by atoms with Crippen LogP contribution in [0, 0.1) is 5.92 Å². The summed E-state index contributed by atoms with van der Waals surface area (Å²) in [5.74, 6) is 0.0202. The molecule has 0 aromatic carbocycles. The first kappa shape index (κ1) is 7.45. The summed E-state index contributed by atoms with van der Waals surface area (Å²) < 4.78 is 0. The number of allylic oxidation sites excluding steroid dienone is 4. The van der Waals surface area contributed by atoms with Crippen molar-refractivity contribution in [3.05, 3.63) is 23.7 Å². The molecule has 1 aliphatic heterocycles. The van der Waals surface area contributed by atoms with Crippen molar-refractivity contribution in [3.63, 3.8) is 0 Å². The van der Waals surface area contributed by atoms with Crippen LogP contribution >= 0.6 is 0 Å². The van der Waals surface area contributed by atoms with Crippen LogP contribution in [0.3, 0.4) is 0 Å². The van der Waals surface area contributed by atoms with Crippen LogP contribution in [-0.4, -0.2) is 29.1 Å². The van der Waals surface area contributed by atoms with Crippen LogP contribution in [0.1, 0.15) is 0 Å². The minimum Gasteiger partial charge on any atom is -0.423 e. The maximum Gasteiger partial charge on any atom is 0.488 e. The Hall–Kier alpha value is -1.20. The van der Waals surface area contributed by atoms with Crippen molar-refractivity contribution in [2.24, 2.45) is 16.1 Å². The third kappa shape index (κ3) is 1.13. The number of nitrogens with zero attached hydrogens (tertiary/aromatic N) is 2. The zero-order valence-corrected chi connectivity index (χ0v) is 6.25. The molecule has 1 aliphatic carbocycles. The monoisotopic (exact) mass is 162 g/mol. The Morgan fingerprint density at radius 2 is 2.17 bits per heavy atom. The molecule has 0 bridgehead atoms.